The molecule has 32 heavy (non-hydrogen) atoms. The zero-order valence-electron chi connectivity index (χ0n) is 19.4. The lowest BCUT2D eigenvalue weighted by Crippen LogP contribution is -2.40. The van der Waals surface area contributed by atoms with Crippen LogP contribution in [0.5, 0.6) is 0 Å². The van der Waals surface area contributed by atoms with Crippen LogP contribution in [-0.2, 0) is 28.7 Å². The highest BCUT2D eigenvalue weighted by Crippen LogP contribution is 2.24. The standard InChI is InChI=1S/C24H38N2O6/c1-17(25-23(29)19-9-5-3-6-10-19)15-31-21(27)13-14-22(28)32-16-18(2)26-24(30)20-11-7-4-8-12-20/h13-14,17-20H,3-12,15-16H2,1-2H3,(H,25,29)(H,26,30)/b14-13+/t17-,18-/m1/s1. The molecule has 2 rings (SSSR count). The smallest absolute Gasteiger partial charge is 0.331 e. The third kappa shape index (κ3) is 9.83. The predicted molar refractivity (Wildman–Crippen MR) is 119 cm³/mol. The van der Waals surface area contributed by atoms with E-state index in [-0.39, 0.29) is 48.9 Å². The van der Waals surface area contributed by atoms with E-state index in [9.17, 15) is 19.2 Å². The molecule has 2 fully saturated rings. The van der Waals surface area contributed by atoms with Gasteiger partial charge in [-0.2, -0.15) is 0 Å². The van der Waals surface area contributed by atoms with E-state index in [2.05, 4.69) is 10.6 Å². The molecule has 180 valence electrons. The van der Waals surface area contributed by atoms with E-state index in [1.54, 1.807) is 13.8 Å². The molecule has 0 spiro atoms. The number of esters is 2. The Kier molecular flexibility index (Phi) is 11.2. The number of carbonyl (C=O) groups excluding carboxylic acids is 4. The Labute approximate surface area is 190 Å². The first-order valence-corrected chi connectivity index (χ1v) is 12.0. The van der Waals surface area contributed by atoms with Crippen LogP contribution in [0.15, 0.2) is 12.2 Å². The van der Waals surface area contributed by atoms with Crippen LogP contribution in [0.25, 0.3) is 0 Å². The van der Waals surface area contributed by atoms with Gasteiger partial charge in [-0.3, -0.25) is 9.59 Å². The number of hydrogen-bond acceptors (Lipinski definition) is 6. The van der Waals surface area contributed by atoms with Crippen LogP contribution in [0.1, 0.15) is 78.1 Å². The molecule has 0 bridgehead atoms. The molecule has 0 unspecified atom stereocenters. The van der Waals surface area contributed by atoms with Gasteiger partial charge in [-0.15, -0.1) is 0 Å². The molecule has 0 aliphatic heterocycles. The van der Waals surface area contributed by atoms with Crippen LogP contribution in [0.3, 0.4) is 0 Å². The van der Waals surface area contributed by atoms with Crippen molar-refractivity contribution < 1.29 is 28.7 Å². The lowest BCUT2D eigenvalue weighted by molar-refractivity contribution is -0.141. The first-order valence-electron chi connectivity index (χ1n) is 12.0. The van der Waals surface area contributed by atoms with Crippen molar-refractivity contribution in [3.05, 3.63) is 12.2 Å². The van der Waals surface area contributed by atoms with Crippen LogP contribution >= 0.6 is 0 Å². The summed E-state index contributed by atoms with van der Waals surface area (Å²) in [6.07, 6.45) is 12.3. The largest absolute Gasteiger partial charge is 0.460 e. The van der Waals surface area contributed by atoms with Crippen LogP contribution in [0, 0.1) is 11.8 Å². The van der Waals surface area contributed by atoms with Crippen molar-refractivity contribution in [3.63, 3.8) is 0 Å². The number of amides is 2. The van der Waals surface area contributed by atoms with Gasteiger partial charge >= 0.3 is 11.9 Å². The summed E-state index contributed by atoms with van der Waals surface area (Å²) in [6.45, 7) is 3.60. The van der Waals surface area contributed by atoms with Crippen molar-refractivity contribution >= 4 is 23.8 Å². The van der Waals surface area contributed by atoms with E-state index in [0.717, 1.165) is 63.5 Å². The summed E-state index contributed by atoms with van der Waals surface area (Å²) in [6, 6.07) is -0.607. The Balaban J connectivity index is 1.59. The van der Waals surface area contributed by atoms with Crippen molar-refractivity contribution in [2.75, 3.05) is 13.2 Å². The highest BCUT2D eigenvalue weighted by Gasteiger charge is 2.23. The second-order valence-electron chi connectivity index (χ2n) is 9.08. The van der Waals surface area contributed by atoms with E-state index >= 15 is 0 Å². The maximum absolute atomic E-state index is 12.2. The minimum Gasteiger partial charge on any atom is -0.460 e. The summed E-state index contributed by atoms with van der Waals surface area (Å²) >= 11 is 0. The molecule has 8 heteroatoms. The molecule has 2 aliphatic carbocycles. The number of nitrogens with one attached hydrogen (secondary N) is 2. The molecule has 0 heterocycles. The minimum absolute atomic E-state index is 0.0112. The fourth-order valence-corrected chi connectivity index (χ4v) is 4.18. The molecule has 2 saturated carbocycles. The number of ether oxygens (including phenoxy) is 2. The highest BCUT2D eigenvalue weighted by atomic mass is 16.5. The molecule has 2 aliphatic rings. The second kappa shape index (κ2) is 13.9. The van der Waals surface area contributed by atoms with Crippen LogP contribution < -0.4 is 10.6 Å². The van der Waals surface area contributed by atoms with E-state index in [1.165, 1.54) is 12.8 Å². The lowest BCUT2D eigenvalue weighted by Gasteiger charge is -2.23. The third-order valence-corrected chi connectivity index (χ3v) is 6.04. The maximum Gasteiger partial charge on any atom is 0.331 e. The summed E-state index contributed by atoms with van der Waals surface area (Å²) in [5.74, 6) is -1.24. The van der Waals surface area contributed by atoms with E-state index in [4.69, 9.17) is 9.47 Å². The quantitative estimate of drug-likeness (QED) is 0.391. The Bertz CT molecular complexity index is 609. The monoisotopic (exact) mass is 450 g/mol. The Morgan fingerprint density at radius 3 is 1.38 bits per heavy atom. The van der Waals surface area contributed by atoms with Gasteiger partial charge in [0.05, 0.1) is 12.1 Å². The normalized spacial score (nSPS) is 19.7. The Hall–Kier alpha value is -2.38. The summed E-state index contributed by atoms with van der Waals surface area (Å²) in [4.78, 5) is 48.0. The van der Waals surface area contributed by atoms with Gasteiger partial charge < -0.3 is 20.1 Å². The molecule has 0 aromatic heterocycles. The molecule has 8 nitrogen and oxygen atoms in total. The minimum atomic E-state index is -0.681. The van der Waals surface area contributed by atoms with Gasteiger partial charge in [-0.05, 0) is 39.5 Å². The number of carbonyl (C=O) groups is 4. The van der Waals surface area contributed by atoms with Gasteiger partial charge in [0, 0.05) is 24.0 Å². The molecule has 2 N–H and O–H groups in total. The maximum atomic E-state index is 12.2. The summed E-state index contributed by atoms with van der Waals surface area (Å²) in [5.41, 5.74) is 0. The number of hydrogen-bond donors (Lipinski definition) is 2. The molecule has 0 aromatic carbocycles. The van der Waals surface area contributed by atoms with Crippen molar-refractivity contribution in [3.8, 4) is 0 Å². The lowest BCUT2D eigenvalue weighted by atomic mass is 9.88. The first-order chi connectivity index (χ1) is 15.3. The van der Waals surface area contributed by atoms with Gasteiger partial charge in [-0.1, -0.05) is 38.5 Å². The molecule has 0 saturated heterocycles. The van der Waals surface area contributed by atoms with Crippen molar-refractivity contribution in [1.29, 1.82) is 0 Å². The first kappa shape index (κ1) is 25.9. The topological polar surface area (TPSA) is 111 Å². The van der Waals surface area contributed by atoms with Crippen molar-refractivity contribution in [1.82, 2.24) is 10.6 Å². The van der Waals surface area contributed by atoms with E-state index < -0.39 is 11.9 Å². The summed E-state index contributed by atoms with van der Waals surface area (Å²) in [5, 5.41) is 5.75. The van der Waals surface area contributed by atoms with Crippen molar-refractivity contribution in [2.24, 2.45) is 11.8 Å². The number of rotatable bonds is 10. The molecular formula is C24H38N2O6. The van der Waals surface area contributed by atoms with Gasteiger partial charge in [0.2, 0.25) is 11.8 Å². The molecular weight excluding hydrogens is 412 g/mol. The van der Waals surface area contributed by atoms with Gasteiger partial charge in [0.1, 0.15) is 13.2 Å². The zero-order valence-corrected chi connectivity index (χ0v) is 19.4. The molecule has 0 radical (unpaired) electrons. The predicted octanol–water partition coefficient (Wildman–Crippen LogP) is 2.80. The van der Waals surface area contributed by atoms with Crippen LogP contribution in [0.4, 0.5) is 0 Å². The average molecular weight is 451 g/mol. The SMILES string of the molecule is C[C@H](COC(=O)/C=C/C(=O)OC[C@@H](C)NC(=O)C1CCCCC1)NC(=O)C1CCCCC1. The summed E-state index contributed by atoms with van der Waals surface area (Å²) in [7, 11) is 0. The summed E-state index contributed by atoms with van der Waals surface area (Å²) < 4.78 is 10.2. The second-order valence-corrected chi connectivity index (χ2v) is 9.08. The zero-order chi connectivity index (χ0) is 23.3. The van der Waals surface area contributed by atoms with Gasteiger partial charge in [-0.25, -0.2) is 9.59 Å². The molecule has 0 aromatic rings. The Morgan fingerprint density at radius 1 is 0.688 bits per heavy atom. The van der Waals surface area contributed by atoms with Crippen LogP contribution in [0.2, 0.25) is 0 Å². The highest BCUT2D eigenvalue weighted by molar-refractivity contribution is 5.91. The molecule has 2 amide bonds. The Morgan fingerprint density at radius 2 is 1.03 bits per heavy atom. The van der Waals surface area contributed by atoms with E-state index in [0.29, 0.717) is 0 Å². The average Bonchev–Trinajstić information content (AvgIpc) is 2.81. The molecule has 2 atom stereocenters. The third-order valence-electron chi connectivity index (χ3n) is 6.04. The van der Waals surface area contributed by atoms with Crippen LogP contribution in [-0.4, -0.2) is 49.1 Å². The van der Waals surface area contributed by atoms with Gasteiger partial charge in [0.15, 0.2) is 0 Å². The fraction of sp³-hybridized carbons (Fsp3) is 0.750. The van der Waals surface area contributed by atoms with Crippen molar-refractivity contribution in [2.45, 2.75) is 90.1 Å². The van der Waals surface area contributed by atoms with E-state index in [1.807, 2.05) is 0 Å². The fourth-order valence-electron chi connectivity index (χ4n) is 4.18. The van der Waals surface area contributed by atoms with Gasteiger partial charge in [0.25, 0.3) is 0 Å².